The summed E-state index contributed by atoms with van der Waals surface area (Å²) in [4.78, 5) is 72.9. The number of hydrogen-bond acceptors (Lipinski definition) is 15. The van der Waals surface area contributed by atoms with Crippen LogP contribution in [0.25, 0.3) is 0 Å². The molecule has 3 N–H and O–H groups in total. The number of hydrogen-bond donors (Lipinski definition) is 3. The van der Waals surface area contributed by atoms with Crippen LogP contribution in [0, 0.1) is 11.8 Å². The van der Waals surface area contributed by atoms with Crippen LogP contribution in [0.5, 0.6) is 0 Å². The van der Waals surface area contributed by atoms with Gasteiger partial charge in [0.2, 0.25) is 0 Å². The van der Waals surface area contributed by atoms with Crippen molar-refractivity contribution in [1.82, 2.24) is 0 Å². The highest BCUT2D eigenvalue weighted by Crippen LogP contribution is 2.45. The molecule has 0 aromatic rings. The maximum Gasteiger partial charge on any atom is 0.472 e. The number of carbonyl (C=O) groups excluding carboxylic acids is 4. The maximum atomic E-state index is 13.1. The Bertz CT molecular complexity index is 1980. The summed E-state index contributed by atoms with van der Waals surface area (Å²) < 4.78 is 68.6. The minimum atomic E-state index is -4.96. The second kappa shape index (κ2) is 70.2. The van der Waals surface area contributed by atoms with Gasteiger partial charge < -0.3 is 33.8 Å². The number of phosphoric acid groups is 2. The first-order valence-electron chi connectivity index (χ1n) is 40.3. The van der Waals surface area contributed by atoms with Crippen molar-refractivity contribution in [2.45, 2.75) is 407 Å². The molecule has 0 aromatic heterocycles. The number of allylic oxidation sites excluding steroid dienone is 4. The van der Waals surface area contributed by atoms with Gasteiger partial charge in [-0.2, -0.15) is 0 Å². The third kappa shape index (κ3) is 71.9. The van der Waals surface area contributed by atoms with Crippen molar-refractivity contribution in [3.63, 3.8) is 0 Å². The number of carbonyl (C=O) groups is 4. The summed E-state index contributed by atoms with van der Waals surface area (Å²) in [5, 5.41) is 10.6. The van der Waals surface area contributed by atoms with E-state index in [1.54, 1.807) is 0 Å². The highest BCUT2D eigenvalue weighted by molar-refractivity contribution is 7.47. The van der Waals surface area contributed by atoms with Crippen LogP contribution in [0.2, 0.25) is 0 Å². The van der Waals surface area contributed by atoms with Crippen molar-refractivity contribution in [3.8, 4) is 0 Å². The lowest BCUT2D eigenvalue weighted by atomic mass is 10.0. The van der Waals surface area contributed by atoms with Crippen molar-refractivity contribution in [2.24, 2.45) is 11.8 Å². The van der Waals surface area contributed by atoms with E-state index in [0.717, 1.165) is 115 Å². The number of rotatable bonds is 76. The molecule has 0 saturated carbocycles. The van der Waals surface area contributed by atoms with Gasteiger partial charge in [0, 0.05) is 25.7 Å². The number of aliphatic hydroxyl groups excluding tert-OH is 1. The maximum absolute atomic E-state index is 13.1. The van der Waals surface area contributed by atoms with Gasteiger partial charge in [0.1, 0.15) is 19.3 Å². The Morgan fingerprint density at radius 3 is 0.837 bits per heavy atom. The van der Waals surface area contributed by atoms with Crippen molar-refractivity contribution in [2.75, 3.05) is 39.6 Å². The third-order valence-electron chi connectivity index (χ3n) is 17.8. The first-order chi connectivity index (χ1) is 47.4. The lowest BCUT2D eigenvalue weighted by molar-refractivity contribution is -0.161. The van der Waals surface area contributed by atoms with E-state index in [-0.39, 0.29) is 25.7 Å². The van der Waals surface area contributed by atoms with Crippen LogP contribution < -0.4 is 0 Å². The van der Waals surface area contributed by atoms with Gasteiger partial charge >= 0.3 is 39.5 Å². The number of unbranched alkanes of at least 4 members (excludes halogenated alkanes) is 43. The molecule has 578 valence electrons. The summed E-state index contributed by atoms with van der Waals surface area (Å²) in [6.45, 7) is 9.58. The van der Waals surface area contributed by atoms with Crippen LogP contribution in [0.3, 0.4) is 0 Å². The predicted octanol–water partition coefficient (Wildman–Crippen LogP) is 23.1. The number of esters is 4. The molecule has 0 bridgehead atoms. The Labute approximate surface area is 599 Å². The van der Waals surface area contributed by atoms with Crippen molar-refractivity contribution in [1.29, 1.82) is 0 Å². The first kappa shape index (κ1) is 95.5. The lowest BCUT2D eigenvalue weighted by Gasteiger charge is -2.21. The molecule has 0 saturated heterocycles. The average Bonchev–Trinajstić information content (AvgIpc) is 1.22. The average molecular weight is 1430 g/mol. The number of ether oxygens (including phenoxy) is 4. The first-order valence-corrected chi connectivity index (χ1v) is 43.3. The minimum Gasteiger partial charge on any atom is -0.462 e. The number of phosphoric ester groups is 2. The molecule has 0 amide bonds. The molecule has 98 heavy (non-hydrogen) atoms. The molecule has 0 spiro atoms. The van der Waals surface area contributed by atoms with E-state index < -0.39 is 97.5 Å². The zero-order valence-corrected chi connectivity index (χ0v) is 65.4. The molecule has 19 heteroatoms. The highest BCUT2D eigenvalue weighted by atomic mass is 31.2. The van der Waals surface area contributed by atoms with Crippen molar-refractivity contribution in [3.05, 3.63) is 24.3 Å². The largest absolute Gasteiger partial charge is 0.472 e. The lowest BCUT2D eigenvalue weighted by Crippen LogP contribution is -2.30. The van der Waals surface area contributed by atoms with E-state index >= 15 is 0 Å². The molecule has 0 aliphatic carbocycles. The molecule has 0 aliphatic heterocycles. The topological polar surface area (TPSA) is 237 Å². The van der Waals surface area contributed by atoms with Gasteiger partial charge in [-0.3, -0.25) is 37.3 Å². The van der Waals surface area contributed by atoms with E-state index in [2.05, 4.69) is 65.8 Å². The van der Waals surface area contributed by atoms with E-state index in [0.29, 0.717) is 25.7 Å². The van der Waals surface area contributed by atoms with Crippen molar-refractivity contribution >= 4 is 39.5 Å². The monoisotopic (exact) mass is 1430 g/mol. The Hall–Kier alpha value is -2.46. The Morgan fingerprint density at radius 2 is 0.551 bits per heavy atom. The van der Waals surface area contributed by atoms with Crippen LogP contribution in [0.15, 0.2) is 24.3 Å². The summed E-state index contributed by atoms with van der Waals surface area (Å²) >= 11 is 0. The van der Waals surface area contributed by atoms with Crippen LogP contribution in [-0.4, -0.2) is 96.7 Å². The summed E-state index contributed by atoms with van der Waals surface area (Å²) in [6, 6.07) is 0. The SMILES string of the molecule is CCCCCC/C=C\C=C/CCCCCCCC(=O)O[C@H](COC(=O)CCCCCCCCCCCC)COP(=O)(O)OC[C@H](O)COP(=O)(O)OC[C@@H](COC(=O)CCCCCCCCCCCCCCCC(C)C)OC(=O)CCCCCCCCCCCCCCCCC(C)C. The molecule has 0 aliphatic rings. The summed E-state index contributed by atoms with van der Waals surface area (Å²) in [6.07, 6.45) is 61.7. The van der Waals surface area contributed by atoms with Crippen LogP contribution in [0.1, 0.15) is 388 Å². The molecule has 0 aromatic carbocycles. The second-order valence-corrected chi connectivity index (χ2v) is 31.6. The third-order valence-corrected chi connectivity index (χ3v) is 19.7. The fourth-order valence-electron chi connectivity index (χ4n) is 11.6. The van der Waals surface area contributed by atoms with Crippen LogP contribution in [0.4, 0.5) is 0 Å². The minimum absolute atomic E-state index is 0.0852. The van der Waals surface area contributed by atoms with E-state index in [4.69, 9.17) is 37.0 Å². The second-order valence-electron chi connectivity index (χ2n) is 28.7. The summed E-state index contributed by atoms with van der Waals surface area (Å²) in [5.74, 6) is -0.558. The summed E-state index contributed by atoms with van der Waals surface area (Å²) in [7, 11) is -9.93. The van der Waals surface area contributed by atoms with Gasteiger partial charge in [0.15, 0.2) is 12.2 Å². The standard InChI is InChI=1S/C79H150O17P2/c1-7-9-11-13-15-17-19-20-21-27-33-39-45-51-57-63-78(83)95-74(67-89-76(81)61-55-49-43-37-18-16-14-12-10-8-2)69-93-97(85,86)91-65-73(80)66-92-98(87,88)94-70-75(68-90-77(82)62-56-50-44-38-32-29-24-26-31-36-42-48-54-60-72(5)6)96-79(84)64-58-52-46-40-34-28-23-22-25-30-35-41-47-53-59-71(3)4/h17,19-21,71-75,80H,7-16,18,22-70H2,1-6H3,(H,85,86)(H,87,88)/b19-17-,21-20-/t73-,74+,75+/m0/s1. The molecule has 0 radical (unpaired) electrons. The van der Waals surface area contributed by atoms with Crippen LogP contribution in [-0.2, 0) is 65.4 Å². The zero-order valence-electron chi connectivity index (χ0n) is 63.6. The normalized spacial score (nSPS) is 14.1. The smallest absolute Gasteiger partial charge is 0.462 e. The van der Waals surface area contributed by atoms with Gasteiger partial charge in [0.25, 0.3) is 0 Å². The Kier molecular flexibility index (Phi) is 68.5. The van der Waals surface area contributed by atoms with Gasteiger partial charge in [-0.25, -0.2) is 9.13 Å². The molecule has 17 nitrogen and oxygen atoms in total. The molecule has 0 heterocycles. The molecular weight excluding hydrogens is 1280 g/mol. The molecule has 2 unspecified atom stereocenters. The van der Waals surface area contributed by atoms with Gasteiger partial charge in [-0.1, -0.05) is 336 Å². The van der Waals surface area contributed by atoms with E-state index in [1.807, 2.05) is 0 Å². The van der Waals surface area contributed by atoms with E-state index in [9.17, 15) is 43.2 Å². The number of aliphatic hydroxyl groups is 1. The Balaban J connectivity index is 5.28. The molecule has 5 atom stereocenters. The Morgan fingerprint density at radius 1 is 0.316 bits per heavy atom. The van der Waals surface area contributed by atoms with Gasteiger partial charge in [-0.05, 0) is 63.2 Å². The van der Waals surface area contributed by atoms with Crippen LogP contribution >= 0.6 is 15.6 Å². The van der Waals surface area contributed by atoms with E-state index in [1.165, 1.54) is 193 Å². The fraction of sp³-hybridized carbons (Fsp3) is 0.899. The van der Waals surface area contributed by atoms with Gasteiger partial charge in [-0.15, -0.1) is 0 Å². The van der Waals surface area contributed by atoms with Crippen molar-refractivity contribution < 1.29 is 80.2 Å². The fourth-order valence-corrected chi connectivity index (χ4v) is 13.2. The predicted molar refractivity (Wildman–Crippen MR) is 400 cm³/mol. The highest BCUT2D eigenvalue weighted by Gasteiger charge is 2.30. The summed E-state index contributed by atoms with van der Waals surface area (Å²) in [5.41, 5.74) is 0. The quantitative estimate of drug-likeness (QED) is 0.0169. The zero-order chi connectivity index (χ0) is 72.1. The molecule has 0 fully saturated rings. The molecular formula is C79H150O17P2. The van der Waals surface area contributed by atoms with Gasteiger partial charge in [0.05, 0.1) is 26.4 Å². The molecule has 0 rings (SSSR count).